The normalized spacial score (nSPS) is 10.0. The van der Waals surface area contributed by atoms with E-state index in [0.717, 1.165) is 5.56 Å². The van der Waals surface area contributed by atoms with Crippen molar-refractivity contribution in [3.8, 4) is 0 Å². The molecule has 0 saturated carbocycles. The van der Waals surface area contributed by atoms with Gasteiger partial charge in [-0.3, -0.25) is 4.79 Å². The quantitative estimate of drug-likeness (QED) is 0.472. The fourth-order valence-electron chi connectivity index (χ4n) is 1.13. The summed E-state index contributed by atoms with van der Waals surface area (Å²) in [5, 5.41) is 0.264. The van der Waals surface area contributed by atoms with Gasteiger partial charge in [0.2, 0.25) is 0 Å². The molecule has 0 radical (unpaired) electrons. The highest BCUT2D eigenvalue weighted by Gasteiger charge is 2.10. The number of ketones is 1. The summed E-state index contributed by atoms with van der Waals surface area (Å²) < 4.78 is 0. The molecule has 0 fully saturated rings. The van der Waals surface area contributed by atoms with Gasteiger partial charge in [-0.25, -0.2) is 0 Å². The molecular weight excluding hydrogens is 232 g/mol. The van der Waals surface area contributed by atoms with Crippen molar-refractivity contribution in [2.24, 2.45) is 0 Å². The van der Waals surface area contributed by atoms with E-state index in [0.29, 0.717) is 16.9 Å². The number of nitrogens with two attached hydrogens (primary N) is 2. The Morgan fingerprint density at radius 3 is 2.62 bits per heavy atom. The molecule has 0 saturated heterocycles. The van der Waals surface area contributed by atoms with E-state index in [9.17, 15) is 4.79 Å². The third-order valence-corrected chi connectivity index (χ3v) is 2.29. The highest BCUT2D eigenvalue weighted by Crippen LogP contribution is 2.22. The number of hydrogen-bond acceptors (Lipinski definition) is 3. The van der Waals surface area contributed by atoms with Gasteiger partial charge in [-0.15, -0.1) is 0 Å². The topological polar surface area (TPSA) is 69.1 Å². The van der Waals surface area contributed by atoms with E-state index in [2.05, 4.69) is 15.9 Å². The van der Waals surface area contributed by atoms with Crippen LogP contribution in [0.4, 0.5) is 11.4 Å². The zero-order valence-electron chi connectivity index (χ0n) is 7.30. The second-order valence-electron chi connectivity index (χ2n) is 2.87. The molecule has 0 spiro atoms. The Balaban J connectivity index is 3.28. The Morgan fingerprint density at radius 1 is 1.46 bits per heavy atom. The smallest absolute Gasteiger partial charge is 0.175 e. The summed E-state index contributed by atoms with van der Waals surface area (Å²) in [6, 6.07) is 3.50. The maximum Gasteiger partial charge on any atom is 0.175 e. The lowest BCUT2D eigenvalue weighted by molar-refractivity contribution is 0.102. The molecular formula is C9H11BrN2O. The Hall–Kier alpha value is -1.03. The molecule has 0 unspecified atom stereocenters. The third-order valence-electron chi connectivity index (χ3n) is 1.78. The van der Waals surface area contributed by atoms with E-state index in [1.165, 1.54) is 0 Å². The van der Waals surface area contributed by atoms with Gasteiger partial charge in [-0.05, 0) is 24.6 Å². The minimum atomic E-state index is -0.0482. The Bertz CT molecular complexity index is 350. The summed E-state index contributed by atoms with van der Waals surface area (Å²) in [6.45, 7) is 1.88. The number of carbonyl (C=O) groups is 1. The average molecular weight is 243 g/mol. The largest absolute Gasteiger partial charge is 0.397 e. The molecule has 0 aliphatic rings. The summed E-state index contributed by atoms with van der Waals surface area (Å²) in [4.78, 5) is 11.4. The zero-order valence-corrected chi connectivity index (χ0v) is 8.89. The number of carbonyl (C=O) groups excluding carboxylic acids is 1. The number of anilines is 2. The summed E-state index contributed by atoms with van der Waals surface area (Å²) in [5.41, 5.74) is 13.6. The van der Waals surface area contributed by atoms with E-state index in [1.54, 1.807) is 12.1 Å². The number of alkyl halides is 1. The number of halogens is 1. The van der Waals surface area contributed by atoms with E-state index >= 15 is 0 Å². The maximum absolute atomic E-state index is 11.4. The molecule has 0 bridgehead atoms. The number of rotatable bonds is 2. The van der Waals surface area contributed by atoms with Gasteiger partial charge < -0.3 is 11.5 Å². The molecule has 0 amide bonds. The lowest BCUT2D eigenvalue weighted by Crippen LogP contribution is -2.07. The van der Waals surface area contributed by atoms with Crippen molar-refractivity contribution < 1.29 is 4.79 Å². The molecule has 4 heteroatoms. The third kappa shape index (κ3) is 2.01. The number of benzene rings is 1. The Labute approximate surface area is 85.2 Å². The van der Waals surface area contributed by atoms with Crippen LogP contribution in [-0.2, 0) is 0 Å². The predicted molar refractivity (Wildman–Crippen MR) is 58.1 cm³/mol. The lowest BCUT2D eigenvalue weighted by atomic mass is 10.1. The van der Waals surface area contributed by atoms with Crippen LogP contribution in [0.25, 0.3) is 0 Å². The summed E-state index contributed by atoms with van der Waals surface area (Å²) in [6.07, 6.45) is 0. The number of aryl methyl sites for hydroxylation is 1. The van der Waals surface area contributed by atoms with Crippen LogP contribution in [0.3, 0.4) is 0 Å². The number of Topliss-reactive ketones (excluding diaryl/α,β-unsaturated/α-hetero) is 1. The van der Waals surface area contributed by atoms with Crippen LogP contribution in [0, 0.1) is 6.92 Å². The van der Waals surface area contributed by atoms with Gasteiger partial charge in [0, 0.05) is 5.56 Å². The average Bonchev–Trinajstić information content (AvgIpc) is 2.10. The van der Waals surface area contributed by atoms with Crippen molar-refractivity contribution in [2.75, 3.05) is 16.8 Å². The first kappa shape index (κ1) is 10.1. The molecule has 0 heterocycles. The molecule has 70 valence electrons. The van der Waals surface area contributed by atoms with Crippen molar-refractivity contribution in [1.82, 2.24) is 0 Å². The molecule has 3 nitrogen and oxygen atoms in total. The van der Waals surface area contributed by atoms with Crippen LogP contribution >= 0.6 is 15.9 Å². The van der Waals surface area contributed by atoms with Crippen LogP contribution in [0.5, 0.6) is 0 Å². The summed E-state index contributed by atoms with van der Waals surface area (Å²) in [7, 11) is 0. The van der Waals surface area contributed by atoms with Crippen LogP contribution < -0.4 is 11.5 Å². The fraction of sp³-hybridized carbons (Fsp3) is 0.222. The predicted octanol–water partition coefficient (Wildman–Crippen LogP) is 1.74. The Kier molecular flexibility index (Phi) is 2.93. The first-order chi connectivity index (χ1) is 6.06. The van der Waals surface area contributed by atoms with Gasteiger partial charge in [0.25, 0.3) is 0 Å². The minimum absolute atomic E-state index is 0.0482. The van der Waals surface area contributed by atoms with Crippen LogP contribution in [0.1, 0.15) is 15.9 Å². The fourth-order valence-corrected chi connectivity index (χ4v) is 1.43. The highest BCUT2D eigenvalue weighted by atomic mass is 79.9. The van der Waals surface area contributed by atoms with Gasteiger partial charge >= 0.3 is 0 Å². The molecule has 13 heavy (non-hydrogen) atoms. The first-order valence-electron chi connectivity index (χ1n) is 3.81. The molecule has 0 aliphatic carbocycles. The Morgan fingerprint density at radius 2 is 2.08 bits per heavy atom. The SMILES string of the molecule is Cc1cc(N)c(N)c(C(=O)CBr)c1. The second kappa shape index (κ2) is 3.79. The summed E-state index contributed by atoms with van der Waals surface area (Å²) in [5.74, 6) is -0.0482. The molecule has 0 atom stereocenters. The molecule has 0 aromatic heterocycles. The van der Waals surface area contributed by atoms with Gasteiger partial charge in [-0.2, -0.15) is 0 Å². The van der Waals surface area contributed by atoms with E-state index in [1.807, 2.05) is 6.92 Å². The van der Waals surface area contributed by atoms with Gasteiger partial charge in [0.1, 0.15) is 0 Å². The maximum atomic E-state index is 11.4. The van der Waals surface area contributed by atoms with Crippen molar-refractivity contribution in [3.63, 3.8) is 0 Å². The van der Waals surface area contributed by atoms with E-state index < -0.39 is 0 Å². The van der Waals surface area contributed by atoms with E-state index in [4.69, 9.17) is 11.5 Å². The molecule has 0 aliphatic heterocycles. The standard InChI is InChI=1S/C9H11BrN2O/c1-5-2-6(8(13)4-10)9(12)7(11)3-5/h2-3H,4,11-12H2,1H3. The zero-order chi connectivity index (χ0) is 10.0. The van der Waals surface area contributed by atoms with Gasteiger partial charge in [-0.1, -0.05) is 15.9 Å². The van der Waals surface area contributed by atoms with E-state index in [-0.39, 0.29) is 11.1 Å². The number of nitrogen functional groups attached to an aromatic ring is 2. The van der Waals surface area contributed by atoms with Crippen LogP contribution in [-0.4, -0.2) is 11.1 Å². The van der Waals surface area contributed by atoms with Crippen LogP contribution in [0.15, 0.2) is 12.1 Å². The number of hydrogen-bond donors (Lipinski definition) is 2. The van der Waals surface area contributed by atoms with Crippen molar-refractivity contribution >= 4 is 33.1 Å². The molecule has 1 aromatic rings. The molecule has 1 rings (SSSR count). The van der Waals surface area contributed by atoms with Gasteiger partial charge in [0.05, 0.1) is 16.7 Å². The second-order valence-corrected chi connectivity index (χ2v) is 3.43. The van der Waals surface area contributed by atoms with Crippen LogP contribution in [0.2, 0.25) is 0 Å². The van der Waals surface area contributed by atoms with Crippen molar-refractivity contribution in [1.29, 1.82) is 0 Å². The first-order valence-corrected chi connectivity index (χ1v) is 4.93. The van der Waals surface area contributed by atoms with Gasteiger partial charge in [0.15, 0.2) is 5.78 Å². The monoisotopic (exact) mass is 242 g/mol. The van der Waals surface area contributed by atoms with Crippen molar-refractivity contribution in [3.05, 3.63) is 23.3 Å². The molecule has 1 aromatic carbocycles. The summed E-state index contributed by atoms with van der Waals surface area (Å²) >= 11 is 3.09. The lowest BCUT2D eigenvalue weighted by Gasteiger charge is -2.07. The molecule has 4 N–H and O–H groups in total. The highest BCUT2D eigenvalue weighted by molar-refractivity contribution is 9.09. The minimum Gasteiger partial charge on any atom is -0.397 e. The van der Waals surface area contributed by atoms with Crippen molar-refractivity contribution in [2.45, 2.75) is 6.92 Å².